The van der Waals surface area contributed by atoms with Gasteiger partial charge in [0.15, 0.2) is 0 Å². The average molecular weight is 339 g/mol. The average Bonchev–Trinajstić information content (AvgIpc) is 2.45. The fourth-order valence-corrected chi connectivity index (χ4v) is 2.93. The third-order valence-corrected chi connectivity index (χ3v) is 4.02. The lowest BCUT2D eigenvalue weighted by molar-refractivity contribution is -0.130. The predicted molar refractivity (Wildman–Crippen MR) is 94.2 cm³/mol. The largest absolute Gasteiger partial charge is 0.343 e. The predicted octanol–water partition coefficient (Wildman–Crippen LogP) is 1.59. The molecule has 1 rings (SSSR count). The number of hydrogen-bond donors (Lipinski definition) is 3. The van der Waals surface area contributed by atoms with Crippen LogP contribution in [-0.4, -0.2) is 35.8 Å². The Balaban J connectivity index is 3.07. The molecule has 24 heavy (non-hydrogen) atoms. The summed E-state index contributed by atoms with van der Waals surface area (Å²) in [6.45, 7) is 12.0. The van der Waals surface area contributed by atoms with Crippen LogP contribution >= 0.6 is 0 Å². The summed E-state index contributed by atoms with van der Waals surface area (Å²) in [5, 5.41) is 8.47. The van der Waals surface area contributed by atoms with Gasteiger partial charge in [-0.25, -0.2) is 0 Å². The second-order valence-corrected chi connectivity index (χ2v) is 8.07. The zero-order valence-corrected chi connectivity index (χ0v) is 15.8. The van der Waals surface area contributed by atoms with Crippen LogP contribution in [0.25, 0.3) is 0 Å². The van der Waals surface area contributed by atoms with Gasteiger partial charge in [0.2, 0.25) is 17.7 Å². The van der Waals surface area contributed by atoms with Crippen molar-refractivity contribution in [2.24, 2.45) is 17.8 Å². The third-order valence-electron chi connectivity index (χ3n) is 4.02. The minimum Gasteiger partial charge on any atom is -0.343 e. The van der Waals surface area contributed by atoms with Gasteiger partial charge in [-0.15, -0.1) is 0 Å². The Kier molecular flexibility index (Phi) is 7.70. The first-order valence-electron chi connectivity index (χ1n) is 9.01. The Bertz CT molecular complexity index is 394. The Labute approximate surface area is 145 Å². The van der Waals surface area contributed by atoms with Crippen molar-refractivity contribution in [2.75, 3.05) is 0 Å². The van der Waals surface area contributed by atoms with E-state index in [9.17, 15) is 14.4 Å². The maximum absolute atomic E-state index is 12.6. The van der Waals surface area contributed by atoms with Crippen LogP contribution in [0, 0.1) is 17.8 Å². The van der Waals surface area contributed by atoms with Gasteiger partial charge < -0.3 is 16.0 Å². The molecule has 3 amide bonds. The van der Waals surface area contributed by atoms with Crippen LogP contribution < -0.4 is 16.0 Å². The van der Waals surface area contributed by atoms with E-state index in [4.69, 9.17) is 0 Å². The Morgan fingerprint density at radius 1 is 0.583 bits per heavy atom. The van der Waals surface area contributed by atoms with E-state index in [1.807, 2.05) is 41.5 Å². The first-order valence-corrected chi connectivity index (χ1v) is 9.01. The summed E-state index contributed by atoms with van der Waals surface area (Å²) in [7, 11) is 0. The second kappa shape index (κ2) is 9.04. The fraction of sp³-hybridized carbons (Fsp3) is 0.833. The summed E-state index contributed by atoms with van der Waals surface area (Å²) in [6.07, 6.45) is 1.65. The van der Waals surface area contributed by atoms with Crippen molar-refractivity contribution >= 4 is 17.7 Å². The molecular formula is C18H33N3O3. The molecule has 138 valence electrons. The van der Waals surface area contributed by atoms with Crippen LogP contribution in [0.2, 0.25) is 0 Å². The number of hydrogen-bond acceptors (Lipinski definition) is 3. The molecule has 0 saturated carbocycles. The van der Waals surface area contributed by atoms with Crippen molar-refractivity contribution in [3.8, 4) is 0 Å². The molecule has 3 unspecified atom stereocenters. The third kappa shape index (κ3) is 6.49. The quantitative estimate of drug-likeness (QED) is 0.687. The number of rotatable bonds is 6. The van der Waals surface area contributed by atoms with Crippen LogP contribution in [0.5, 0.6) is 0 Å². The normalized spacial score (nSPS) is 25.9. The summed E-state index contributed by atoms with van der Waals surface area (Å²) in [6, 6.07) is -1.81. The van der Waals surface area contributed by atoms with E-state index in [0.29, 0.717) is 19.3 Å². The van der Waals surface area contributed by atoms with Gasteiger partial charge in [-0.1, -0.05) is 41.5 Å². The van der Waals surface area contributed by atoms with Crippen LogP contribution in [0.3, 0.4) is 0 Å². The lowest BCUT2D eigenvalue weighted by Crippen LogP contribution is -2.51. The molecule has 1 aliphatic heterocycles. The maximum atomic E-state index is 12.6. The number of amides is 3. The lowest BCUT2D eigenvalue weighted by atomic mass is 10.0. The topological polar surface area (TPSA) is 87.3 Å². The first-order chi connectivity index (χ1) is 11.1. The maximum Gasteiger partial charge on any atom is 0.243 e. The standard InChI is InChI=1S/C18H33N3O3/c1-10(2)7-13-16(22)20-15(9-12(5)6)18(24)21-14(8-11(3)4)17(23)19-13/h10-15H,7-9H2,1-6H3,(H,19,23)(H,20,22)(H,21,24). The van der Waals surface area contributed by atoms with Crippen molar-refractivity contribution in [3.05, 3.63) is 0 Å². The lowest BCUT2D eigenvalue weighted by Gasteiger charge is -2.22. The van der Waals surface area contributed by atoms with E-state index in [1.54, 1.807) is 0 Å². The van der Waals surface area contributed by atoms with Gasteiger partial charge in [-0.05, 0) is 37.0 Å². The highest BCUT2D eigenvalue weighted by Crippen LogP contribution is 2.13. The Morgan fingerprint density at radius 3 is 0.958 bits per heavy atom. The number of nitrogens with one attached hydrogen (secondary N) is 3. The highest BCUT2D eigenvalue weighted by atomic mass is 16.2. The van der Waals surface area contributed by atoms with E-state index in [1.165, 1.54) is 0 Å². The SMILES string of the molecule is CC(C)CC1NC(=O)C(CC(C)C)NC(=O)C(CC(C)C)NC1=O. The zero-order chi connectivity index (χ0) is 18.4. The van der Waals surface area contributed by atoms with Gasteiger partial charge in [0, 0.05) is 0 Å². The van der Waals surface area contributed by atoms with Crippen LogP contribution in [0.4, 0.5) is 0 Å². The molecule has 1 heterocycles. The van der Waals surface area contributed by atoms with Gasteiger partial charge >= 0.3 is 0 Å². The summed E-state index contributed by atoms with van der Waals surface area (Å²) < 4.78 is 0. The molecule has 3 atom stereocenters. The van der Waals surface area contributed by atoms with Gasteiger partial charge in [0.1, 0.15) is 18.1 Å². The van der Waals surface area contributed by atoms with Crippen LogP contribution in [0.15, 0.2) is 0 Å². The zero-order valence-electron chi connectivity index (χ0n) is 15.8. The molecule has 0 aromatic carbocycles. The Hall–Kier alpha value is -1.59. The molecule has 1 aliphatic rings. The van der Waals surface area contributed by atoms with Crippen molar-refractivity contribution in [2.45, 2.75) is 78.9 Å². The monoisotopic (exact) mass is 339 g/mol. The van der Waals surface area contributed by atoms with Crippen LogP contribution in [-0.2, 0) is 14.4 Å². The molecule has 3 N–H and O–H groups in total. The van der Waals surface area contributed by atoms with Crippen molar-refractivity contribution in [3.63, 3.8) is 0 Å². The highest BCUT2D eigenvalue weighted by Gasteiger charge is 2.34. The number of carbonyl (C=O) groups excluding carboxylic acids is 3. The molecule has 0 bridgehead atoms. The van der Waals surface area contributed by atoms with E-state index >= 15 is 0 Å². The van der Waals surface area contributed by atoms with Crippen LogP contribution in [0.1, 0.15) is 60.8 Å². The van der Waals surface area contributed by atoms with E-state index < -0.39 is 18.1 Å². The van der Waals surface area contributed by atoms with Crippen molar-refractivity contribution < 1.29 is 14.4 Å². The van der Waals surface area contributed by atoms with Crippen molar-refractivity contribution in [1.82, 2.24) is 16.0 Å². The molecule has 6 nitrogen and oxygen atoms in total. The molecule has 0 aliphatic carbocycles. The summed E-state index contributed by atoms with van der Waals surface area (Å²) in [5.74, 6) is -0.0400. The molecule has 0 spiro atoms. The van der Waals surface area contributed by atoms with E-state index in [2.05, 4.69) is 16.0 Å². The molecule has 1 fully saturated rings. The molecule has 6 heteroatoms. The van der Waals surface area contributed by atoms with E-state index in [-0.39, 0.29) is 35.5 Å². The van der Waals surface area contributed by atoms with Gasteiger partial charge in [-0.2, -0.15) is 0 Å². The molecule has 0 aromatic rings. The fourth-order valence-electron chi connectivity index (χ4n) is 2.93. The van der Waals surface area contributed by atoms with Crippen molar-refractivity contribution in [1.29, 1.82) is 0 Å². The highest BCUT2D eigenvalue weighted by molar-refractivity contribution is 5.97. The summed E-state index contributed by atoms with van der Waals surface area (Å²) >= 11 is 0. The smallest absolute Gasteiger partial charge is 0.243 e. The molecule has 0 aromatic heterocycles. The second-order valence-electron chi connectivity index (χ2n) is 8.07. The molecule has 0 radical (unpaired) electrons. The summed E-state index contributed by atoms with van der Waals surface area (Å²) in [4.78, 5) is 37.7. The van der Waals surface area contributed by atoms with Gasteiger partial charge in [0.05, 0.1) is 0 Å². The minimum absolute atomic E-state index is 0.262. The minimum atomic E-state index is -0.602. The number of carbonyl (C=O) groups is 3. The summed E-state index contributed by atoms with van der Waals surface area (Å²) in [5.41, 5.74) is 0. The first kappa shape index (κ1) is 20.5. The Morgan fingerprint density at radius 2 is 0.792 bits per heavy atom. The molecule has 1 saturated heterocycles. The van der Waals surface area contributed by atoms with Gasteiger partial charge in [-0.3, -0.25) is 14.4 Å². The van der Waals surface area contributed by atoms with E-state index in [0.717, 1.165) is 0 Å². The molecular weight excluding hydrogens is 306 g/mol. The van der Waals surface area contributed by atoms with Gasteiger partial charge in [0.25, 0.3) is 0 Å².